The highest BCUT2D eigenvalue weighted by Crippen LogP contribution is 2.24. The Morgan fingerprint density at radius 2 is 1.74 bits per heavy atom. The van der Waals surface area contributed by atoms with Crippen LogP contribution in [0.2, 0.25) is 0 Å². The maximum atomic E-state index is 5.72. The third kappa shape index (κ3) is 4.06. The Morgan fingerprint density at radius 3 is 2.26 bits per heavy atom. The van der Waals surface area contributed by atoms with Crippen LogP contribution in [0.1, 0.15) is 32.0 Å². The quantitative estimate of drug-likeness (QED) is 0.816. The predicted molar refractivity (Wildman–Crippen MR) is 81.4 cm³/mol. The Labute approximate surface area is 123 Å². The zero-order chi connectivity index (χ0) is 13.9. The molecule has 0 radical (unpaired) electrons. The molecule has 0 atom stereocenters. The van der Waals surface area contributed by atoms with E-state index in [9.17, 15) is 0 Å². The molecule has 0 spiro atoms. The van der Waals surface area contributed by atoms with Crippen LogP contribution in [0.15, 0.2) is 47.1 Å². The lowest BCUT2D eigenvalue weighted by molar-refractivity contribution is 0.301. The van der Waals surface area contributed by atoms with Gasteiger partial charge in [-0.05, 0) is 51.2 Å². The number of halogens is 1. The first-order valence-electron chi connectivity index (χ1n) is 6.29. The van der Waals surface area contributed by atoms with E-state index in [0.29, 0.717) is 6.61 Å². The van der Waals surface area contributed by atoms with Crippen LogP contribution < -0.4 is 4.74 Å². The second kappa shape index (κ2) is 5.74. The van der Waals surface area contributed by atoms with E-state index >= 15 is 0 Å². The van der Waals surface area contributed by atoms with Crippen molar-refractivity contribution in [3.63, 3.8) is 0 Å². The molecule has 2 rings (SSSR count). The second-order valence-electron chi connectivity index (χ2n) is 5.53. The van der Waals surface area contributed by atoms with Gasteiger partial charge in [0.25, 0.3) is 0 Å². The van der Waals surface area contributed by atoms with Crippen LogP contribution in [0.25, 0.3) is 0 Å². The maximum absolute atomic E-state index is 5.72. The zero-order valence-electron chi connectivity index (χ0n) is 11.5. The fourth-order valence-corrected chi connectivity index (χ4v) is 1.93. The van der Waals surface area contributed by atoms with E-state index in [-0.39, 0.29) is 5.41 Å². The number of pyridine rings is 1. The Hall–Kier alpha value is -1.35. The molecule has 0 fully saturated rings. The van der Waals surface area contributed by atoms with E-state index in [1.807, 2.05) is 24.3 Å². The lowest BCUT2D eigenvalue weighted by Crippen LogP contribution is -2.10. The van der Waals surface area contributed by atoms with E-state index in [1.165, 1.54) is 5.56 Å². The van der Waals surface area contributed by atoms with Crippen LogP contribution in [0.4, 0.5) is 0 Å². The summed E-state index contributed by atoms with van der Waals surface area (Å²) in [6.45, 7) is 7.10. The van der Waals surface area contributed by atoms with Gasteiger partial charge in [0, 0.05) is 10.7 Å². The van der Waals surface area contributed by atoms with Crippen LogP contribution >= 0.6 is 15.9 Å². The molecule has 1 heterocycles. The summed E-state index contributed by atoms with van der Waals surface area (Å²) in [4.78, 5) is 4.28. The zero-order valence-corrected chi connectivity index (χ0v) is 13.1. The summed E-state index contributed by atoms with van der Waals surface area (Å²) >= 11 is 3.36. The van der Waals surface area contributed by atoms with Crippen molar-refractivity contribution in [1.82, 2.24) is 4.98 Å². The van der Waals surface area contributed by atoms with Crippen molar-refractivity contribution in [3.8, 4) is 5.75 Å². The molecule has 0 aliphatic heterocycles. The summed E-state index contributed by atoms with van der Waals surface area (Å²) in [5.74, 6) is 0.873. The Kier molecular flexibility index (Phi) is 4.25. The molecule has 19 heavy (non-hydrogen) atoms. The molecule has 2 nitrogen and oxygen atoms in total. The van der Waals surface area contributed by atoms with Gasteiger partial charge in [0.15, 0.2) is 0 Å². The molecule has 0 saturated heterocycles. The second-order valence-corrected chi connectivity index (χ2v) is 6.45. The smallest absolute Gasteiger partial charge is 0.130 e. The predicted octanol–water partition coefficient (Wildman–Crippen LogP) is 4.72. The molecule has 0 bridgehead atoms. The standard InChI is InChI=1S/C16H18BrNO/c1-16(2,3)12-4-8-15(9-5-12)19-11-14-7-6-13(17)10-18-14/h4-10H,11H2,1-3H3. The highest BCUT2D eigenvalue weighted by molar-refractivity contribution is 9.10. The summed E-state index contributed by atoms with van der Waals surface area (Å²) in [5, 5.41) is 0. The fraction of sp³-hybridized carbons (Fsp3) is 0.312. The number of nitrogens with zero attached hydrogens (tertiary/aromatic N) is 1. The normalized spacial score (nSPS) is 11.4. The molecule has 0 amide bonds. The average molecular weight is 320 g/mol. The van der Waals surface area contributed by atoms with Crippen molar-refractivity contribution >= 4 is 15.9 Å². The SMILES string of the molecule is CC(C)(C)c1ccc(OCc2ccc(Br)cn2)cc1. The molecular weight excluding hydrogens is 302 g/mol. The maximum Gasteiger partial charge on any atom is 0.130 e. The largest absolute Gasteiger partial charge is 0.487 e. The van der Waals surface area contributed by atoms with E-state index in [1.54, 1.807) is 6.20 Å². The van der Waals surface area contributed by atoms with Crippen LogP contribution in [0, 0.1) is 0 Å². The molecule has 1 aromatic heterocycles. The van der Waals surface area contributed by atoms with E-state index < -0.39 is 0 Å². The Bertz CT molecular complexity index is 526. The van der Waals surface area contributed by atoms with Gasteiger partial charge in [-0.3, -0.25) is 4.98 Å². The number of rotatable bonds is 3. The van der Waals surface area contributed by atoms with Gasteiger partial charge >= 0.3 is 0 Å². The number of ether oxygens (including phenoxy) is 1. The van der Waals surface area contributed by atoms with Crippen LogP contribution in [0.3, 0.4) is 0 Å². The highest BCUT2D eigenvalue weighted by atomic mass is 79.9. The van der Waals surface area contributed by atoms with Crippen molar-refractivity contribution < 1.29 is 4.74 Å². The number of benzene rings is 1. The number of hydrogen-bond acceptors (Lipinski definition) is 2. The van der Waals surface area contributed by atoms with Gasteiger partial charge in [0.1, 0.15) is 12.4 Å². The van der Waals surface area contributed by atoms with Crippen molar-refractivity contribution in [2.75, 3.05) is 0 Å². The van der Waals surface area contributed by atoms with Gasteiger partial charge in [-0.15, -0.1) is 0 Å². The first kappa shape index (κ1) is 14.1. The van der Waals surface area contributed by atoms with Gasteiger partial charge in [-0.25, -0.2) is 0 Å². The Balaban J connectivity index is 1.98. The molecule has 0 saturated carbocycles. The van der Waals surface area contributed by atoms with Crippen molar-refractivity contribution in [2.24, 2.45) is 0 Å². The molecule has 100 valence electrons. The van der Waals surface area contributed by atoms with Gasteiger partial charge in [0.05, 0.1) is 5.69 Å². The van der Waals surface area contributed by atoms with Gasteiger partial charge in [-0.1, -0.05) is 32.9 Å². The highest BCUT2D eigenvalue weighted by Gasteiger charge is 2.12. The van der Waals surface area contributed by atoms with Crippen LogP contribution in [0.5, 0.6) is 5.75 Å². The third-order valence-electron chi connectivity index (χ3n) is 2.90. The van der Waals surface area contributed by atoms with Crippen LogP contribution in [-0.2, 0) is 12.0 Å². The monoisotopic (exact) mass is 319 g/mol. The third-order valence-corrected chi connectivity index (χ3v) is 3.36. The van der Waals surface area contributed by atoms with E-state index in [4.69, 9.17) is 4.74 Å². The summed E-state index contributed by atoms with van der Waals surface area (Å²) < 4.78 is 6.70. The van der Waals surface area contributed by atoms with Crippen molar-refractivity contribution in [3.05, 3.63) is 58.3 Å². The molecule has 0 unspecified atom stereocenters. The number of hydrogen-bond donors (Lipinski definition) is 0. The lowest BCUT2D eigenvalue weighted by Gasteiger charge is -2.19. The minimum Gasteiger partial charge on any atom is -0.487 e. The lowest BCUT2D eigenvalue weighted by atomic mass is 9.87. The van der Waals surface area contributed by atoms with Gasteiger partial charge in [0.2, 0.25) is 0 Å². The van der Waals surface area contributed by atoms with E-state index in [0.717, 1.165) is 15.9 Å². The minimum atomic E-state index is 0.172. The minimum absolute atomic E-state index is 0.172. The number of aromatic nitrogens is 1. The van der Waals surface area contributed by atoms with Gasteiger partial charge in [-0.2, -0.15) is 0 Å². The first-order valence-corrected chi connectivity index (χ1v) is 7.08. The first-order chi connectivity index (χ1) is 8.95. The fourth-order valence-electron chi connectivity index (χ4n) is 1.70. The molecule has 1 aromatic carbocycles. The topological polar surface area (TPSA) is 22.1 Å². The molecule has 0 aliphatic carbocycles. The average Bonchev–Trinajstić information content (AvgIpc) is 2.37. The Morgan fingerprint density at radius 1 is 1.05 bits per heavy atom. The van der Waals surface area contributed by atoms with E-state index in [2.05, 4.69) is 53.8 Å². The summed E-state index contributed by atoms with van der Waals surface area (Å²) in [6, 6.07) is 12.2. The molecule has 3 heteroatoms. The molecule has 2 aromatic rings. The summed E-state index contributed by atoms with van der Waals surface area (Å²) in [7, 11) is 0. The van der Waals surface area contributed by atoms with Gasteiger partial charge < -0.3 is 4.74 Å². The summed E-state index contributed by atoms with van der Waals surface area (Å²) in [5.41, 5.74) is 2.40. The summed E-state index contributed by atoms with van der Waals surface area (Å²) in [6.07, 6.45) is 1.78. The van der Waals surface area contributed by atoms with Crippen molar-refractivity contribution in [2.45, 2.75) is 32.8 Å². The van der Waals surface area contributed by atoms with Crippen molar-refractivity contribution in [1.29, 1.82) is 0 Å². The molecule has 0 aliphatic rings. The molecule has 0 N–H and O–H groups in total. The van der Waals surface area contributed by atoms with Crippen LogP contribution in [-0.4, -0.2) is 4.98 Å². The molecular formula is C16H18BrNO.